The van der Waals surface area contributed by atoms with Gasteiger partial charge in [-0.1, -0.05) is 13.8 Å². The molecular weight excluding hydrogens is 204 g/mol. The van der Waals surface area contributed by atoms with E-state index in [0.29, 0.717) is 5.92 Å². The standard InChI is InChI=1S/C11H18N4O/c1-3-8-6-13-15-10(8)14-11(16)7(2)9-4-12-5-9/h6-7,9,12H,3-5H2,1-2H3,(H2,13,14,15,16). The Morgan fingerprint density at radius 2 is 2.44 bits per heavy atom. The number of carbonyl (C=O) groups excluding carboxylic acids is 1. The molecule has 0 spiro atoms. The van der Waals surface area contributed by atoms with Crippen molar-refractivity contribution in [1.82, 2.24) is 15.5 Å². The van der Waals surface area contributed by atoms with Crippen LogP contribution in [0.2, 0.25) is 0 Å². The second kappa shape index (κ2) is 4.65. The van der Waals surface area contributed by atoms with Gasteiger partial charge in [0.2, 0.25) is 5.91 Å². The number of carbonyl (C=O) groups is 1. The van der Waals surface area contributed by atoms with Crippen LogP contribution in [0.25, 0.3) is 0 Å². The zero-order chi connectivity index (χ0) is 11.5. The highest BCUT2D eigenvalue weighted by Gasteiger charge is 2.29. The maximum atomic E-state index is 11.9. The number of H-pyrrole nitrogens is 1. The van der Waals surface area contributed by atoms with Crippen LogP contribution in [-0.2, 0) is 11.2 Å². The van der Waals surface area contributed by atoms with Crippen LogP contribution in [0.4, 0.5) is 5.82 Å². The van der Waals surface area contributed by atoms with Gasteiger partial charge in [0.1, 0.15) is 5.82 Å². The van der Waals surface area contributed by atoms with Crippen molar-refractivity contribution in [3.63, 3.8) is 0 Å². The molecule has 1 aromatic heterocycles. The molecule has 3 N–H and O–H groups in total. The lowest BCUT2D eigenvalue weighted by molar-refractivity contribution is -0.121. The number of hydrogen-bond donors (Lipinski definition) is 3. The van der Waals surface area contributed by atoms with Gasteiger partial charge < -0.3 is 10.6 Å². The molecule has 0 aliphatic carbocycles. The zero-order valence-electron chi connectivity index (χ0n) is 9.71. The normalized spacial score (nSPS) is 17.9. The van der Waals surface area contributed by atoms with E-state index in [1.807, 2.05) is 13.8 Å². The molecule has 1 atom stereocenters. The topological polar surface area (TPSA) is 69.8 Å². The summed E-state index contributed by atoms with van der Waals surface area (Å²) in [5.41, 5.74) is 1.05. The SMILES string of the molecule is CCc1cn[nH]c1NC(=O)C(C)C1CNC1. The molecule has 0 aromatic carbocycles. The first-order valence-electron chi connectivity index (χ1n) is 5.76. The van der Waals surface area contributed by atoms with Crippen LogP contribution in [-0.4, -0.2) is 29.2 Å². The summed E-state index contributed by atoms with van der Waals surface area (Å²) in [5, 5.41) is 12.8. The van der Waals surface area contributed by atoms with E-state index in [9.17, 15) is 4.79 Å². The van der Waals surface area contributed by atoms with Crippen molar-refractivity contribution in [2.24, 2.45) is 11.8 Å². The molecule has 1 aliphatic rings. The lowest BCUT2D eigenvalue weighted by atomic mass is 9.88. The number of hydrogen-bond acceptors (Lipinski definition) is 3. The van der Waals surface area contributed by atoms with Gasteiger partial charge in [0.05, 0.1) is 6.20 Å². The lowest BCUT2D eigenvalue weighted by Crippen LogP contribution is -2.48. The predicted molar refractivity (Wildman–Crippen MR) is 62.1 cm³/mol. The molecule has 1 aliphatic heterocycles. The molecule has 0 bridgehead atoms. The van der Waals surface area contributed by atoms with Gasteiger partial charge in [0.15, 0.2) is 0 Å². The van der Waals surface area contributed by atoms with E-state index in [4.69, 9.17) is 0 Å². The average molecular weight is 222 g/mol. The summed E-state index contributed by atoms with van der Waals surface area (Å²) in [6.45, 7) is 5.90. The number of aryl methyl sites for hydroxylation is 1. The minimum Gasteiger partial charge on any atom is -0.316 e. The Hall–Kier alpha value is -1.36. The minimum atomic E-state index is 0.0502. The van der Waals surface area contributed by atoms with Crippen molar-refractivity contribution in [3.8, 4) is 0 Å². The first kappa shape index (κ1) is 11.1. The summed E-state index contributed by atoms with van der Waals surface area (Å²) in [6.07, 6.45) is 2.62. The molecule has 1 fully saturated rings. The summed E-state index contributed by atoms with van der Waals surface area (Å²) in [6, 6.07) is 0. The molecular formula is C11H18N4O. The molecule has 2 heterocycles. The van der Waals surface area contributed by atoms with E-state index in [2.05, 4.69) is 20.8 Å². The molecule has 1 unspecified atom stereocenters. The molecule has 5 heteroatoms. The zero-order valence-corrected chi connectivity index (χ0v) is 9.71. The van der Waals surface area contributed by atoms with Gasteiger partial charge in [-0.2, -0.15) is 5.10 Å². The van der Waals surface area contributed by atoms with Gasteiger partial charge in [-0.05, 0) is 25.4 Å². The minimum absolute atomic E-state index is 0.0502. The Labute approximate surface area is 95.0 Å². The third-order valence-corrected chi connectivity index (χ3v) is 3.28. The number of aromatic amines is 1. The van der Waals surface area contributed by atoms with E-state index < -0.39 is 0 Å². The summed E-state index contributed by atoms with van der Waals surface area (Å²) >= 11 is 0. The van der Waals surface area contributed by atoms with Crippen LogP contribution >= 0.6 is 0 Å². The van der Waals surface area contributed by atoms with Crippen LogP contribution < -0.4 is 10.6 Å². The Morgan fingerprint density at radius 3 is 3.00 bits per heavy atom. The third kappa shape index (κ3) is 2.09. The van der Waals surface area contributed by atoms with Gasteiger partial charge in [-0.25, -0.2) is 0 Å². The Bertz CT molecular complexity index is 370. The number of nitrogens with one attached hydrogen (secondary N) is 3. The molecule has 88 valence electrons. The van der Waals surface area contributed by atoms with Crippen molar-refractivity contribution in [3.05, 3.63) is 11.8 Å². The second-order valence-electron chi connectivity index (χ2n) is 4.32. The number of aromatic nitrogens is 2. The third-order valence-electron chi connectivity index (χ3n) is 3.28. The molecule has 1 amide bonds. The quantitative estimate of drug-likeness (QED) is 0.704. The maximum absolute atomic E-state index is 11.9. The van der Waals surface area contributed by atoms with Crippen molar-refractivity contribution in [1.29, 1.82) is 0 Å². The number of nitrogens with zero attached hydrogens (tertiary/aromatic N) is 1. The Balaban J connectivity index is 1.95. The van der Waals surface area contributed by atoms with E-state index in [-0.39, 0.29) is 11.8 Å². The van der Waals surface area contributed by atoms with Crippen molar-refractivity contribution in [2.45, 2.75) is 20.3 Å². The van der Waals surface area contributed by atoms with Gasteiger partial charge >= 0.3 is 0 Å². The first-order chi connectivity index (χ1) is 7.72. The fraction of sp³-hybridized carbons (Fsp3) is 0.636. The summed E-state index contributed by atoms with van der Waals surface area (Å²) in [4.78, 5) is 11.9. The predicted octanol–water partition coefficient (Wildman–Crippen LogP) is 0.766. The van der Waals surface area contributed by atoms with Crippen LogP contribution in [0.1, 0.15) is 19.4 Å². The van der Waals surface area contributed by atoms with Crippen molar-refractivity contribution >= 4 is 11.7 Å². The van der Waals surface area contributed by atoms with Crippen LogP contribution in [0.5, 0.6) is 0 Å². The highest BCUT2D eigenvalue weighted by Crippen LogP contribution is 2.19. The average Bonchev–Trinajstić information content (AvgIpc) is 2.62. The fourth-order valence-electron chi connectivity index (χ4n) is 1.80. The smallest absolute Gasteiger partial charge is 0.228 e. The van der Waals surface area contributed by atoms with Crippen molar-refractivity contribution < 1.29 is 4.79 Å². The second-order valence-corrected chi connectivity index (χ2v) is 4.32. The van der Waals surface area contributed by atoms with Crippen LogP contribution in [0.15, 0.2) is 6.20 Å². The number of amides is 1. The lowest BCUT2D eigenvalue weighted by Gasteiger charge is -2.31. The summed E-state index contributed by atoms with van der Waals surface area (Å²) in [7, 11) is 0. The van der Waals surface area contributed by atoms with E-state index in [1.54, 1.807) is 6.20 Å². The number of rotatable bonds is 4. The maximum Gasteiger partial charge on any atom is 0.228 e. The highest BCUT2D eigenvalue weighted by atomic mass is 16.2. The molecule has 2 rings (SSSR count). The van der Waals surface area contributed by atoms with E-state index in [1.165, 1.54) is 0 Å². The molecule has 1 saturated heterocycles. The van der Waals surface area contributed by atoms with E-state index >= 15 is 0 Å². The van der Waals surface area contributed by atoms with Crippen LogP contribution in [0, 0.1) is 11.8 Å². The summed E-state index contributed by atoms with van der Waals surface area (Å²) < 4.78 is 0. The Kier molecular flexibility index (Phi) is 3.24. The summed E-state index contributed by atoms with van der Waals surface area (Å²) in [5.74, 6) is 1.33. The Morgan fingerprint density at radius 1 is 1.69 bits per heavy atom. The molecule has 1 aromatic rings. The first-order valence-corrected chi connectivity index (χ1v) is 5.76. The number of anilines is 1. The van der Waals surface area contributed by atoms with Gasteiger partial charge in [-0.15, -0.1) is 0 Å². The van der Waals surface area contributed by atoms with Crippen LogP contribution in [0.3, 0.4) is 0 Å². The van der Waals surface area contributed by atoms with Gasteiger partial charge in [-0.3, -0.25) is 9.89 Å². The highest BCUT2D eigenvalue weighted by molar-refractivity contribution is 5.92. The molecule has 0 radical (unpaired) electrons. The van der Waals surface area contributed by atoms with Gasteiger partial charge in [0, 0.05) is 11.5 Å². The molecule has 5 nitrogen and oxygen atoms in total. The monoisotopic (exact) mass is 222 g/mol. The van der Waals surface area contributed by atoms with Gasteiger partial charge in [0.25, 0.3) is 0 Å². The van der Waals surface area contributed by atoms with Crippen molar-refractivity contribution in [2.75, 3.05) is 18.4 Å². The fourth-order valence-corrected chi connectivity index (χ4v) is 1.80. The molecule has 16 heavy (non-hydrogen) atoms. The largest absolute Gasteiger partial charge is 0.316 e. The molecule has 0 saturated carbocycles. The van der Waals surface area contributed by atoms with E-state index in [0.717, 1.165) is 30.9 Å².